The largest absolute Gasteiger partial charge is 0.360 e. The zero-order chi connectivity index (χ0) is 17.7. The van der Waals surface area contributed by atoms with Crippen LogP contribution in [0, 0.1) is 20.4 Å². The minimum atomic E-state index is -4.94. The molecular weight excluding hydrogens is 342 g/mol. The van der Waals surface area contributed by atoms with Gasteiger partial charge in [-0.25, -0.2) is 23.1 Å². The Kier molecular flexibility index (Phi) is 5.39. The van der Waals surface area contributed by atoms with Gasteiger partial charge in [0.1, 0.15) is 0 Å². The molecule has 1 aromatic heterocycles. The highest BCUT2D eigenvalue weighted by atomic mass is 35.7. The fourth-order valence-corrected chi connectivity index (χ4v) is 1.93. The topological polar surface area (TPSA) is 147 Å². The van der Waals surface area contributed by atoms with Crippen LogP contribution < -0.4 is 18.6 Å². The Hall–Kier alpha value is -2.62. The van der Waals surface area contributed by atoms with Crippen LogP contribution in [-0.4, -0.2) is 4.92 Å². The highest BCUT2D eigenvalue weighted by Crippen LogP contribution is 2.25. The Labute approximate surface area is 137 Å². The van der Waals surface area contributed by atoms with E-state index in [-0.39, 0.29) is 5.69 Å². The molecule has 3 aromatic rings. The van der Waals surface area contributed by atoms with Crippen LogP contribution in [-0.2, 0) is 0 Å². The highest BCUT2D eigenvalue weighted by Gasteiger charge is 2.15. The fraction of sp³-hybridized carbons (Fsp3) is 0. The van der Waals surface area contributed by atoms with Crippen LogP contribution in [0.25, 0.3) is 22.3 Å². The van der Waals surface area contributed by atoms with Crippen molar-refractivity contribution in [1.29, 1.82) is 0 Å². The lowest BCUT2D eigenvalue weighted by Gasteiger charge is -2.17. The molecule has 0 bridgehead atoms. The summed E-state index contributed by atoms with van der Waals surface area (Å²) in [5.74, 6) is 0.689. The fourth-order valence-electron chi connectivity index (χ4n) is 1.93. The summed E-state index contributed by atoms with van der Waals surface area (Å²) in [6.07, 6.45) is 0. The number of halogens is 1. The van der Waals surface area contributed by atoms with E-state index in [0.717, 1.165) is 16.5 Å². The number of nitro benzene ring substituents is 1. The standard InChI is InChI=1S/C15H10NO3.ClHO4/c17-16(18)13-8-5-12(6-9-13)15-10-7-11-3-1-2-4-14(11)19-15;2-1(3,4)5/h1-10H;(H,2,3,4,5)/q+1;/p-1. The van der Waals surface area contributed by atoms with Gasteiger partial charge in [0.25, 0.3) is 5.69 Å². The minimum Gasteiger partial charge on any atom is -0.258 e. The van der Waals surface area contributed by atoms with Gasteiger partial charge < -0.3 is 0 Å². The van der Waals surface area contributed by atoms with Crippen molar-refractivity contribution < 1.29 is 38.2 Å². The number of fused-ring (bicyclic) bond motifs is 1. The number of non-ortho nitro benzene ring substituents is 1. The van der Waals surface area contributed by atoms with Gasteiger partial charge in [0, 0.05) is 24.3 Å². The van der Waals surface area contributed by atoms with Crippen LogP contribution >= 0.6 is 0 Å². The quantitative estimate of drug-likeness (QED) is 0.344. The molecule has 0 amide bonds. The van der Waals surface area contributed by atoms with Gasteiger partial charge in [-0.2, -0.15) is 0 Å². The van der Waals surface area contributed by atoms with Crippen molar-refractivity contribution in [1.82, 2.24) is 0 Å². The first-order chi connectivity index (χ1) is 11.2. The summed E-state index contributed by atoms with van der Waals surface area (Å²) in [6, 6.07) is 17.9. The van der Waals surface area contributed by atoms with Gasteiger partial charge in [0.05, 0.1) is 15.9 Å². The van der Waals surface area contributed by atoms with Crippen LogP contribution in [0.3, 0.4) is 0 Å². The molecule has 3 rings (SSSR count). The molecule has 0 fully saturated rings. The van der Waals surface area contributed by atoms with Crippen molar-refractivity contribution in [3.63, 3.8) is 0 Å². The second-order valence-electron chi connectivity index (χ2n) is 4.52. The first-order valence-electron chi connectivity index (χ1n) is 6.42. The lowest BCUT2D eigenvalue weighted by atomic mass is 10.1. The van der Waals surface area contributed by atoms with Crippen molar-refractivity contribution in [3.05, 3.63) is 70.8 Å². The first kappa shape index (κ1) is 17.7. The van der Waals surface area contributed by atoms with E-state index in [2.05, 4.69) is 0 Å². The summed E-state index contributed by atoms with van der Waals surface area (Å²) in [4.78, 5) is 10.2. The molecule has 0 radical (unpaired) electrons. The zero-order valence-electron chi connectivity index (χ0n) is 12.0. The summed E-state index contributed by atoms with van der Waals surface area (Å²) < 4.78 is 39.8. The summed E-state index contributed by atoms with van der Waals surface area (Å²) in [5, 5.41) is 11.6. The van der Waals surface area contributed by atoms with Crippen LogP contribution in [0.5, 0.6) is 0 Å². The van der Waals surface area contributed by atoms with E-state index in [1.165, 1.54) is 12.1 Å². The molecule has 9 heteroatoms. The maximum atomic E-state index is 10.6. The average molecular weight is 352 g/mol. The Morgan fingerprint density at radius 2 is 1.42 bits per heavy atom. The number of benzene rings is 2. The molecule has 1 heterocycles. The van der Waals surface area contributed by atoms with Gasteiger partial charge in [0.2, 0.25) is 0 Å². The van der Waals surface area contributed by atoms with E-state index in [9.17, 15) is 10.1 Å². The molecule has 0 saturated carbocycles. The van der Waals surface area contributed by atoms with Crippen molar-refractivity contribution in [2.75, 3.05) is 0 Å². The molecule has 0 aliphatic carbocycles. The van der Waals surface area contributed by atoms with Gasteiger partial charge >= 0.3 is 11.3 Å². The van der Waals surface area contributed by atoms with Gasteiger partial charge in [0.15, 0.2) is 0 Å². The van der Waals surface area contributed by atoms with Crippen molar-refractivity contribution in [2.24, 2.45) is 0 Å². The molecular formula is C15H10ClNO7. The van der Waals surface area contributed by atoms with Gasteiger partial charge in [-0.3, -0.25) is 10.1 Å². The molecule has 0 aliphatic rings. The predicted molar refractivity (Wildman–Crippen MR) is 72.7 cm³/mol. The van der Waals surface area contributed by atoms with Crippen LogP contribution in [0.15, 0.2) is 65.1 Å². The summed E-state index contributed by atoms with van der Waals surface area (Å²) in [5.41, 5.74) is 1.68. The molecule has 0 saturated heterocycles. The van der Waals surface area contributed by atoms with Crippen LogP contribution in [0.1, 0.15) is 0 Å². The average Bonchev–Trinajstić information content (AvgIpc) is 2.53. The van der Waals surface area contributed by atoms with Crippen molar-refractivity contribution >= 4 is 16.7 Å². The Bertz CT molecular complexity index is 840. The van der Waals surface area contributed by atoms with Crippen molar-refractivity contribution in [3.8, 4) is 11.3 Å². The third-order valence-corrected chi connectivity index (χ3v) is 2.92. The molecule has 0 aliphatic heterocycles. The summed E-state index contributed by atoms with van der Waals surface area (Å²) in [7, 11) is -4.94. The third-order valence-electron chi connectivity index (χ3n) is 2.92. The second-order valence-corrected chi connectivity index (χ2v) is 5.28. The Morgan fingerprint density at radius 1 is 0.833 bits per heavy atom. The van der Waals surface area contributed by atoms with Gasteiger partial charge in [-0.1, -0.05) is 12.1 Å². The molecule has 0 unspecified atom stereocenters. The maximum Gasteiger partial charge on any atom is 0.360 e. The normalized spacial score (nSPS) is 10.8. The molecule has 0 N–H and O–H groups in total. The van der Waals surface area contributed by atoms with E-state index in [1.807, 2.05) is 36.4 Å². The smallest absolute Gasteiger partial charge is 0.258 e. The molecule has 2 aromatic carbocycles. The van der Waals surface area contributed by atoms with E-state index < -0.39 is 15.2 Å². The van der Waals surface area contributed by atoms with Crippen molar-refractivity contribution in [2.45, 2.75) is 0 Å². The maximum absolute atomic E-state index is 10.6. The van der Waals surface area contributed by atoms with Gasteiger partial charge in [-0.05, 0) is 24.3 Å². The van der Waals surface area contributed by atoms with E-state index >= 15 is 0 Å². The van der Waals surface area contributed by atoms with Crippen LogP contribution in [0.4, 0.5) is 5.69 Å². The number of nitrogens with zero attached hydrogens (tertiary/aromatic N) is 1. The number of para-hydroxylation sites is 1. The first-order valence-corrected chi connectivity index (χ1v) is 7.66. The van der Waals surface area contributed by atoms with E-state index in [0.29, 0.717) is 5.76 Å². The lowest BCUT2D eigenvalue weighted by molar-refractivity contribution is -2.00. The van der Waals surface area contributed by atoms with E-state index in [4.69, 9.17) is 23.1 Å². The molecule has 8 nitrogen and oxygen atoms in total. The molecule has 0 atom stereocenters. The third kappa shape index (κ3) is 5.23. The zero-order valence-corrected chi connectivity index (χ0v) is 12.7. The number of hydrogen-bond acceptors (Lipinski definition) is 6. The Morgan fingerprint density at radius 3 is 2.00 bits per heavy atom. The minimum absolute atomic E-state index is 0.0736. The van der Waals surface area contributed by atoms with Gasteiger partial charge in [-0.15, -0.1) is 10.2 Å². The summed E-state index contributed by atoms with van der Waals surface area (Å²) in [6.45, 7) is 0. The lowest BCUT2D eigenvalue weighted by Crippen LogP contribution is -2.68. The number of hydrogen-bond donors (Lipinski definition) is 0. The molecule has 0 spiro atoms. The molecule has 24 heavy (non-hydrogen) atoms. The SMILES string of the molecule is O=[N+]([O-])c1ccc(-c2ccc3ccccc3[o+]2)cc1.[O-][Cl+3]([O-])([O-])[O-]. The number of nitro groups is 1. The molecule has 124 valence electrons. The highest BCUT2D eigenvalue weighted by molar-refractivity contribution is 5.78. The van der Waals surface area contributed by atoms with E-state index in [1.54, 1.807) is 12.1 Å². The summed E-state index contributed by atoms with van der Waals surface area (Å²) >= 11 is 0. The second kappa shape index (κ2) is 7.30. The van der Waals surface area contributed by atoms with Crippen LogP contribution in [0.2, 0.25) is 0 Å². The Balaban J connectivity index is 0.000000368. The monoisotopic (exact) mass is 351 g/mol. The predicted octanol–water partition coefficient (Wildman–Crippen LogP) is -0.467. The number of rotatable bonds is 2.